The summed E-state index contributed by atoms with van der Waals surface area (Å²) in [5.74, 6) is -0.583. The Morgan fingerprint density at radius 3 is 2.59 bits per heavy atom. The second-order valence-electron chi connectivity index (χ2n) is 4.51. The third kappa shape index (κ3) is 2.36. The fraction of sp³-hybridized carbons (Fsp3) is 0.0667. The molecule has 0 aliphatic carbocycles. The van der Waals surface area contributed by atoms with Gasteiger partial charge in [0.15, 0.2) is 0 Å². The summed E-state index contributed by atoms with van der Waals surface area (Å²) < 4.78 is 7.18. The predicted molar refractivity (Wildman–Crippen MR) is 85.9 cm³/mol. The summed E-state index contributed by atoms with van der Waals surface area (Å²) in [6.07, 6.45) is 1.32. The highest BCUT2D eigenvalue weighted by Crippen LogP contribution is 2.30. The maximum atomic E-state index is 12.2. The molecule has 1 aromatic carbocycles. The Bertz CT molecular complexity index is 927. The smallest absolute Gasteiger partial charge is 0.341 e. The summed E-state index contributed by atoms with van der Waals surface area (Å²) in [4.78, 5) is 24.1. The highest BCUT2D eigenvalue weighted by Gasteiger charge is 2.17. The highest BCUT2D eigenvalue weighted by molar-refractivity contribution is 7.22. The molecule has 0 aliphatic rings. The maximum Gasteiger partial charge on any atom is 0.341 e. The molecule has 1 N–H and O–H groups in total. The van der Waals surface area contributed by atoms with E-state index in [-0.39, 0.29) is 5.56 Å². The van der Waals surface area contributed by atoms with Gasteiger partial charge in [-0.25, -0.2) is 4.79 Å². The van der Waals surface area contributed by atoms with Crippen LogP contribution >= 0.6 is 22.9 Å². The molecule has 0 aliphatic heterocycles. The number of carboxylic acid groups (broad SMARTS) is 1. The number of aromatic nitrogens is 1. The van der Waals surface area contributed by atoms with E-state index in [2.05, 4.69) is 0 Å². The molecule has 0 saturated carbocycles. The summed E-state index contributed by atoms with van der Waals surface area (Å²) in [5.41, 5.74) is -0.111. The predicted octanol–water partition coefficient (Wildman–Crippen LogP) is 3.41. The fourth-order valence-corrected chi connectivity index (χ4v) is 3.38. The number of methoxy groups -OCH3 is 1. The van der Waals surface area contributed by atoms with Crippen LogP contribution in [0.1, 0.15) is 10.4 Å². The number of carboxylic acids is 1. The van der Waals surface area contributed by atoms with Gasteiger partial charge < -0.3 is 14.4 Å². The number of benzene rings is 1. The lowest BCUT2D eigenvalue weighted by Gasteiger charge is -2.10. The topological polar surface area (TPSA) is 68.5 Å². The van der Waals surface area contributed by atoms with Crippen molar-refractivity contribution in [1.29, 1.82) is 0 Å². The zero-order valence-electron chi connectivity index (χ0n) is 11.4. The second kappa shape index (κ2) is 5.47. The molecule has 0 amide bonds. The van der Waals surface area contributed by atoms with Gasteiger partial charge in [0, 0.05) is 11.9 Å². The third-order valence-corrected chi connectivity index (χ3v) is 4.49. The lowest BCUT2D eigenvalue weighted by atomic mass is 10.2. The molecule has 0 bridgehead atoms. The summed E-state index contributed by atoms with van der Waals surface area (Å²) in [5, 5.41) is 9.52. The Morgan fingerprint density at radius 1 is 1.32 bits per heavy atom. The van der Waals surface area contributed by atoms with Crippen molar-refractivity contribution in [3.8, 4) is 11.4 Å². The largest absolute Gasteiger partial charge is 0.497 e. The van der Waals surface area contributed by atoms with Crippen molar-refractivity contribution in [1.82, 2.24) is 4.57 Å². The van der Waals surface area contributed by atoms with Crippen molar-refractivity contribution < 1.29 is 14.6 Å². The van der Waals surface area contributed by atoms with Gasteiger partial charge in [-0.05, 0) is 30.3 Å². The van der Waals surface area contributed by atoms with Gasteiger partial charge in [-0.2, -0.15) is 0 Å². The van der Waals surface area contributed by atoms with Crippen molar-refractivity contribution >= 4 is 39.1 Å². The van der Waals surface area contributed by atoms with E-state index in [1.165, 1.54) is 23.6 Å². The number of aromatic carboxylic acids is 1. The fourth-order valence-electron chi connectivity index (χ4n) is 2.17. The number of ether oxygens (including phenoxy) is 1. The number of nitrogens with zero attached hydrogens (tertiary/aromatic N) is 1. The molecule has 0 unspecified atom stereocenters. The molecular formula is C15H10ClNO4S. The van der Waals surface area contributed by atoms with Crippen LogP contribution in [0, 0.1) is 0 Å². The molecule has 0 atom stereocenters. The zero-order chi connectivity index (χ0) is 15.9. The van der Waals surface area contributed by atoms with Crippen LogP contribution < -0.4 is 10.2 Å². The number of halogens is 1. The Kier molecular flexibility index (Phi) is 3.64. The molecule has 22 heavy (non-hydrogen) atoms. The van der Waals surface area contributed by atoms with E-state index in [1.54, 1.807) is 35.9 Å². The number of pyridine rings is 1. The third-order valence-electron chi connectivity index (χ3n) is 3.23. The van der Waals surface area contributed by atoms with Crippen LogP contribution in [0.3, 0.4) is 0 Å². The van der Waals surface area contributed by atoms with E-state index in [0.717, 1.165) is 0 Å². The molecule has 0 saturated heterocycles. The molecular weight excluding hydrogens is 326 g/mol. The van der Waals surface area contributed by atoms with Gasteiger partial charge >= 0.3 is 5.97 Å². The van der Waals surface area contributed by atoms with Gasteiger partial charge in [0.25, 0.3) is 0 Å². The molecule has 2 aromatic heterocycles. The Labute approximate surface area is 134 Å². The summed E-state index contributed by atoms with van der Waals surface area (Å²) in [6.45, 7) is 0. The molecule has 3 aromatic rings. The van der Waals surface area contributed by atoms with Gasteiger partial charge in [0.1, 0.15) is 16.1 Å². The quantitative estimate of drug-likeness (QED) is 0.796. The van der Waals surface area contributed by atoms with Crippen molar-refractivity contribution in [2.75, 3.05) is 7.11 Å². The van der Waals surface area contributed by atoms with Gasteiger partial charge in [0.2, 0.25) is 5.43 Å². The number of carbonyl (C=O) groups is 1. The van der Waals surface area contributed by atoms with Crippen molar-refractivity contribution in [3.63, 3.8) is 0 Å². The Hall–Kier alpha value is -2.31. The Balaban J connectivity index is 2.33. The average molecular weight is 336 g/mol. The maximum absolute atomic E-state index is 12.2. The zero-order valence-corrected chi connectivity index (χ0v) is 12.9. The van der Waals surface area contributed by atoms with Gasteiger partial charge in [-0.15, -0.1) is 11.3 Å². The Morgan fingerprint density at radius 2 is 2.00 bits per heavy atom. The number of hydrogen-bond acceptors (Lipinski definition) is 4. The van der Waals surface area contributed by atoms with Gasteiger partial charge in [0.05, 0.1) is 16.8 Å². The molecule has 0 fully saturated rings. The van der Waals surface area contributed by atoms with Crippen LogP contribution in [-0.4, -0.2) is 22.8 Å². The summed E-state index contributed by atoms with van der Waals surface area (Å²) >= 11 is 7.22. The number of fused-ring (bicyclic) bond motifs is 1. The normalized spacial score (nSPS) is 10.8. The van der Waals surface area contributed by atoms with E-state index in [9.17, 15) is 14.7 Å². The standard InChI is InChI=1S/C15H10ClNO4S/c1-21-9-4-2-8(3-5-9)17-7-11(15(19)20)13(18)10-6-12(16)22-14(10)17/h2-7H,1H3,(H,19,20). The monoisotopic (exact) mass is 335 g/mol. The van der Waals surface area contributed by atoms with E-state index >= 15 is 0 Å². The van der Waals surface area contributed by atoms with Crippen LogP contribution in [0.2, 0.25) is 4.34 Å². The average Bonchev–Trinajstić information content (AvgIpc) is 2.90. The molecule has 7 heteroatoms. The summed E-state index contributed by atoms with van der Waals surface area (Å²) in [6, 6.07) is 8.57. The second-order valence-corrected chi connectivity index (χ2v) is 6.18. The van der Waals surface area contributed by atoms with Gasteiger partial charge in [-0.3, -0.25) is 4.79 Å². The molecule has 112 valence electrons. The first-order valence-electron chi connectivity index (χ1n) is 6.23. The molecule has 5 nitrogen and oxygen atoms in total. The molecule has 0 radical (unpaired) electrons. The lowest BCUT2D eigenvalue weighted by molar-refractivity contribution is 0.0695. The van der Waals surface area contributed by atoms with E-state index in [1.807, 2.05) is 0 Å². The minimum absolute atomic E-state index is 0.294. The van der Waals surface area contributed by atoms with E-state index in [0.29, 0.717) is 26.0 Å². The molecule has 0 spiro atoms. The first kappa shape index (κ1) is 14.6. The van der Waals surface area contributed by atoms with Crippen LogP contribution in [-0.2, 0) is 0 Å². The van der Waals surface area contributed by atoms with E-state index in [4.69, 9.17) is 16.3 Å². The number of rotatable bonds is 3. The number of hydrogen-bond donors (Lipinski definition) is 1. The van der Waals surface area contributed by atoms with Crippen LogP contribution in [0.4, 0.5) is 0 Å². The van der Waals surface area contributed by atoms with Crippen LogP contribution in [0.5, 0.6) is 5.75 Å². The van der Waals surface area contributed by atoms with E-state index < -0.39 is 11.4 Å². The minimum atomic E-state index is -1.27. The van der Waals surface area contributed by atoms with Crippen LogP contribution in [0.25, 0.3) is 15.9 Å². The summed E-state index contributed by atoms with van der Waals surface area (Å²) in [7, 11) is 1.56. The van der Waals surface area contributed by atoms with Crippen molar-refractivity contribution in [2.24, 2.45) is 0 Å². The minimum Gasteiger partial charge on any atom is -0.497 e. The highest BCUT2D eigenvalue weighted by atomic mass is 35.5. The molecule has 2 heterocycles. The number of thiophene rings is 1. The first-order chi connectivity index (χ1) is 10.5. The first-order valence-corrected chi connectivity index (χ1v) is 7.43. The molecule has 3 rings (SSSR count). The van der Waals surface area contributed by atoms with Crippen molar-refractivity contribution in [2.45, 2.75) is 0 Å². The van der Waals surface area contributed by atoms with Crippen LogP contribution in [0.15, 0.2) is 41.3 Å². The lowest BCUT2D eigenvalue weighted by Crippen LogP contribution is -2.17. The SMILES string of the molecule is COc1ccc(-n2cc(C(=O)O)c(=O)c3cc(Cl)sc32)cc1. The van der Waals surface area contributed by atoms with Gasteiger partial charge in [-0.1, -0.05) is 11.6 Å². The van der Waals surface area contributed by atoms with Crippen molar-refractivity contribution in [3.05, 3.63) is 56.7 Å².